The lowest BCUT2D eigenvalue weighted by atomic mass is 9.74. The van der Waals surface area contributed by atoms with Gasteiger partial charge in [0.25, 0.3) is 0 Å². The Kier molecular flexibility index (Phi) is 6.25. The van der Waals surface area contributed by atoms with Crippen molar-refractivity contribution >= 4 is 32.7 Å². The molecule has 7 rings (SSSR count). The maximum atomic E-state index is 15.9. The molecule has 3 aromatic rings. The van der Waals surface area contributed by atoms with Gasteiger partial charge in [-0.3, -0.25) is 17.0 Å². The van der Waals surface area contributed by atoms with Crippen molar-refractivity contribution in [3.05, 3.63) is 69.9 Å². The SMILES string of the molecule is C[C@H](c1cc(C(F)(F)F)c2cn(-c3cccc(C4([C@@H](F)C5=NN=IN5C)COC4)c3)c(=O)n2c1)N1CCC2(CC2)C1. The largest absolute Gasteiger partial charge is 0.418 e. The second kappa shape index (κ2) is 9.43. The van der Waals surface area contributed by atoms with Crippen molar-refractivity contribution in [1.82, 2.24) is 17.0 Å². The molecule has 1 aliphatic carbocycles. The third-order valence-corrected chi connectivity index (χ3v) is 10.8. The van der Waals surface area contributed by atoms with E-state index in [0.717, 1.165) is 23.9 Å². The number of hydrogen-bond donors (Lipinski definition) is 0. The number of ether oxygens (including phenoxy) is 1. The molecule has 2 saturated heterocycles. The fraction of sp³-hybridized carbons (Fsp3) is 0.500. The molecular weight excluding hydrogens is 655 g/mol. The number of amidine groups is 1. The minimum absolute atomic E-state index is 0.118. The summed E-state index contributed by atoms with van der Waals surface area (Å²) < 4.78 is 72.4. The molecule has 3 aliphatic heterocycles. The van der Waals surface area contributed by atoms with Crippen molar-refractivity contribution in [2.45, 2.75) is 50.0 Å². The molecule has 218 valence electrons. The number of fused-ring (bicyclic) bond motifs is 1. The van der Waals surface area contributed by atoms with Crippen molar-refractivity contribution in [2.24, 2.45) is 13.8 Å². The van der Waals surface area contributed by atoms with E-state index < -0.39 is 50.3 Å². The molecule has 1 spiro atoms. The topological polar surface area (TPSA) is 66.8 Å². The van der Waals surface area contributed by atoms with Crippen LogP contribution in [-0.4, -0.2) is 62.3 Å². The lowest BCUT2D eigenvalue weighted by Gasteiger charge is -2.44. The highest BCUT2D eigenvalue weighted by Gasteiger charge is 2.52. The van der Waals surface area contributed by atoms with Crippen LogP contribution in [0.1, 0.15) is 48.9 Å². The maximum absolute atomic E-state index is 15.9. The van der Waals surface area contributed by atoms with Crippen LogP contribution in [0.3, 0.4) is 0 Å². The number of rotatable bonds is 6. The van der Waals surface area contributed by atoms with E-state index in [2.05, 4.69) is 13.3 Å². The van der Waals surface area contributed by atoms with E-state index >= 15 is 4.39 Å². The number of aromatic nitrogens is 2. The van der Waals surface area contributed by atoms with E-state index in [4.69, 9.17) is 4.74 Å². The van der Waals surface area contributed by atoms with E-state index in [-0.39, 0.29) is 30.6 Å². The number of likely N-dealkylation sites (tertiary alicyclic amines) is 1. The van der Waals surface area contributed by atoms with Gasteiger partial charge >= 0.3 is 11.9 Å². The molecule has 8 nitrogen and oxygen atoms in total. The summed E-state index contributed by atoms with van der Waals surface area (Å²) >= 11 is -0.749. The van der Waals surface area contributed by atoms with Gasteiger partial charge in [-0.25, -0.2) is 9.18 Å². The van der Waals surface area contributed by atoms with Crippen LogP contribution in [0.2, 0.25) is 0 Å². The predicted octanol–water partition coefficient (Wildman–Crippen LogP) is 5.59. The molecular formula is C28H29F4IN6O2. The number of benzene rings is 1. The first-order chi connectivity index (χ1) is 19.5. The second-order valence-corrected chi connectivity index (χ2v) is 14.1. The fourth-order valence-electron chi connectivity index (χ4n) is 6.35. The summed E-state index contributed by atoms with van der Waals surface area (Å²) in [5.74, 6) is 0.250. The van der Waals surface area contributed by atoms with Crippen molar-refractivity contribution in [1.29, 1.82) is 0 Å². The van der Waals surface area contributed by atoms with Gasteiger partial charge in [0, 0.05) is 32.0 Å². The molecule has 0 unspecified atom stereocenters. The maximum Gasteiger partial charge on any atom is 0.418 e. The zero-order valence-electron chi connectivity index (χ0n) is 22.5. The van der Waals surface area contributed by atoms with Gasteiger partial charge in [0.15, 0.2) is 12.0 Å². The van der Waals surface area contributed by atoms with Crippen LogP contribution in [-0.2, 0) is 16.3 Å². The third-order valence-electron chi connectivity index (χ3n) is 9.28. The Balaban J connectivity index is 1.29. The number of pyridine rings is 1. The van der Waals surface area contributed by atoms with Crippen LogP contribution in [0.25, 0.3) is 11.2 Å². The molecule has 0 radical (unpaired) electrons. The van der Waals surface area contributed by atoms with E-state index in [0.29, 0.717) is 22.2 Å². The minimum Gasteiger partial charge on any atom is -0.379 e. The van der Waals surface area contributed by atoms with Gasteiger partial charge in [-0.2, -0.15) is 13.2 Å². The van der Waals surface area contributed by atoms with Gasteiger partial charge in [-0.1, -0.05) is 12.1 Å². The predicted molar refractivity (Wildman–Crippen MR) is 153 cm³/mol. The van der Waals surface area contributed by atoms with Crippen LogP contribution in [0.4, 0.5) is 17.6 Å². The second-order valence-electron chi connectivity index (χ2n) is 11.8. The van der Waals surface area contributed by atoms with E-state index in [1.807, 2.05) is 6.92 Å². The minimum atomic E-state index is -4.65. The Hall–Kier alpha value is -2.65. The molecule has 2 atom stereocenters. The molecule has 2 aromatic heterocycles. The summed E-state index contributed by atoms with van der Waals surface area (Å²) in [4.78, 5) is 15.9. The summed E-state index contributed by atoms with van der Waals surface area (Å²) in [6.07, 6.45) is 0.0301. The van der Waals surface area contributed by atoms with E-state index in [1.165, 1.54) is 35.9 Å². The van der Waals surface area contributed by atoms with Crippen LogP contribution in [0.5, 0.6) is 0 Å². The van der Waals surface area contributed by atoms with Crippen LogP contribution in [0, 0.1) is 5.41 Å². The standard InChI is InChI=1S/C28H29F4IN6O2/c1-17(37-9-8-26(14-37)6-7-26)18-10-21(28(30,31)32)22-13-38(25(40)39(22)12-18)20-5-3-4-19(11-20)27(15-41-16-27)23(29)24-34-35-33-36(24)2/h3-5,10-13,17,23H,6-9,14-16H2,1-2H3/t17-,23+/m1/s1. The van der Waals surface area contributed by atoms with Gasteiger partial charge in [0.1, 0.15) is 21.3 Å². The highest BCUT2D eigenvalue weighted by molar-refractivity contribution is 14.1. The molecule has 1 aromatic carbocycles. The zero-order valence-corrected chi connectivity index (χ0v) is 24.7. The Morgan fingerprint density at radius 3 is 2.51 bits per heavy atom. The van der Waals surface area contributed by atoms with Crippen LogP contribution < -0.4 is 5.69 Å². The van der Waals surface area contributed by atoms with Crippen molar-refractivity contribution in [2.75, 3.05) is 33.4 Å². The van der Waals surface area contributed by atoms with Gasteiger partial charge in [-0.15, -0.1) is 8.36 Å². The smallest absolute Gasteiger partial charge is 0.379 e. The summed E-state index contributed by atoms with van der Waals surface area (Å²) in [5, 5.41) is 4.03. The Bertz CT molecular complexity index is 1660. The molecule has 4 aliphatic rings. The molecule has 0 amide bonds. The molecule has 41 heavy (non-hydrogen) atoms. The molecule has 3 fully saturated rings. The van der Waals surface area contributed by atoms with Crippen LogP contribution in [0.15, 0.2) is 55.9 Å². The summed E-state index contributed by atoms with van der Waals surface area (Å²) in [5.41, 5.74) is -0.986. The lowest BCUT2D eigenvalue weighted by Crippen LogP contribution is -2.57. The lowest BCUT2D eigenvalue weighted by molar-refractivity contribution is -0.136. The highest BCUT2D eigenvalue weighted by atomic mass is 127. The number of imidazole rings is 1. The van der Waals surface area contributed by atoms with Crippen LogP contribution >= 0.6 is 21.3 Å². The van der Waals surface area contributed by atoms with Crippen molar-refractivity contribution in [3.8, 4) is 5.69 Å². The number of hydrogen-bond acceptors (Lipinski definition) is 6. The molecule has 1 saturated carbocycles. The molecule has 5 heterocycles. The monoisotopic (exact) mass is 684 g/mol. The van der Waals surface area contributed by atoms with E-state index in [1.54, 1.807) is 34.4 Å². The summed E-state index contributed by atoms with van der Waals surface area (Å²) in [7, 11) is 1.76. The van der Waals surface area contributed by atoms with Crippen molar-refractivity contribution < 1.29 is 22.3 Å². The van der Waals surface area contributed by atoms with Gasteiger partial charge in [0.05, 0.1) is 35.4 Å². The Labute approximate surface area is 244 Å². The summed E-state index contributed by atoms with van der Waals surface area (Å²) in [6.45, 7) is 3.85. The number of halogens is 5. The summed E-state index contributed by atoms with van der Waals surface area (Å²) in [6, 6.07) is 7.66. The van der Waals surface area contributed by atoms with E-state index in [9.17, 15) is 18.0 Å². The fourth-order valence-corrected chi connectivity index (χ4v) is 7.52. The molecule has 0 N–H and O–H groups in total. The first-order valence-corrected chi connectivity index (χ1v) is 15.5. The third kappa shape index (κ3) is 4.37. The number of nitrogens with zero attached hydrogens (tertiary/aromatic N) is 6. The quantitative estimate of drug-likeness (QED) is 0.193. The average molecular weight is 684 g/mol. The normalized spacial score (nSPS) is 23.0. The highest BCUT2D eigenvalue weighted by Crippen LogP contribution is 2.54. The number of alkyl halides is 4. The first kappa shape index (κ1) is 27.2. The Morgan fingerprint density at radius 2 is 1.90 bits per heavy atom. The van der Waals surface area contributed by atoms with Gasteiger partial charge < -0.3 is 4.74 Å². The molecule has 0 bridgehead atoms. The average Bonchev–Trinajstić information content (AvgIpc) is 3.19. The molecule has 13 heteroatoms. The Morgan fingerprint density at radius 1 is 1.12 bits per heavy atom. The zero-order chi connectivity index (χ0) is 28.7. The van der Waals surface area contributed by atoms with Gasteiger partial charge in [0.2, 0.25) is 0 Å². The van der Waals surface area contributed by atoms with Crippen molar-refractivity contribution in [3.63, 3.8) is 0 Å². The van der Waals surface area contributed by atoms with Gasteiger partial charge in [-0.05, 0) is 67.5 Å². The first-order valence-electron chi connectivity index (χ1n) is 13.6.